The molecule has 0 spiro atoms. The standard InChI is InChI=1S/C16H10F3NO2S/c17-16(18,19)22-11-7-5-10(6-8-11)20-9-14-12-3-1-2-4-13(12)15(21)23-14/h1-9,21H. The molecule has 0 atom stereocenters. The van der Waals surface area contributed by atoms with Gasteiger partial charge in [-0.1, -0.05) is 29.5 Å². The Morgan fingerprint density at radius 3 is 2.30 bits per heavy atom. The minimum Gasteiger partial charge on any atom is -0.499 e. The van der Waals surface area contributed by atoms with E-state index < -0.39 is 6.36 Å². The molecular formula is C16H10F3NO2S. The maximum absolute atomic E-state index is 12.1. The monoisotopic (exact) mass is 337 g/mol. The number of halogens is 3. The lowest BCUT2D eigenvalue weighted by Gasteiger charge is -2.08. The van der Waals surface area contributed by atoms with Gasteiger partial charge in [0.2, 0.25) is 0 Å². The van der Waals surface area contributed by atoms with E-state index >= 15 is 0 Å². The summed E-state index contributed by atoms with van der Waals surface area (Å²) >= 11 is 1.19. The molecule has 3 aromatic rings. The number of hydrogen-bond acceptors (Lipinski definition) is 4. The van der Waals surface area contributed by atoms with E-state index in [1.54, 1.807) is 6.21 Å². The van der Waals surface area contributed by atoms with E-state index in [4.69, 9.17) is 0 Å². The van der Waals surface area contributed by atoms with Crippen LogP contribution in [0.15, 0.2) is 53.5 Å². The third-order valence-corrected chi connectivity index (χ3v) is 3.99. The third-order valence-electron chi connectivity index (χ3n) is 3.03. The van der Waals surface area contributed by atoms with E-state index in [9.17, 15) is 18.3 Å². The van der Waals surface area contributed by atoms with Crippen LogP contribution < -0.4 is 4.74 Å². The van der Waals surface area contributed by atoms with Crippen LogP contribution in [0, 0.1) is 0 Å². The highest BCUT2D eigenvalue weighted by Gasteiger charge is 2.30. The van der Waals surface area contributed by atoms with E-state index in [0.29, 0.717) is 5.69 Å². The second kappa shape index (κ2) is 5.92. The Hall–Kier alpha value is -2.54. The number of hydrogen-bond donors (Lipinski definition) is 1. The van der Waals surface area contributed by atoms with Crippen molar-refractivity contribution in [3.8, 4) is 10.8 Å². The van der Waals surface area contributed by atoms with Crippen LogP contribution in [0.1, 0.15) is 4.88 Å². The molecule has 0 saturated carbocycles. The van der Waals surface area contributed by atoms with Crippen LogP contribution in [-0.2, 0) is 0 Å². The van der Waals surface area contributed by atoms with Gasteiger partial charge in [-0.3, -0.25) is 4.99 Å². The number of ether oxygens (including phenoxy) is 1. The molecule has 0 radical (unpaired) electrons. The summed E-state index contributed by atoms with van der Waals surface area (Å²) in [6.07, 6.45) is -3.13. The zero-order valence-corrected chi connectivity index (χ0v) is 12.4. The molecule has 0 fully saturated rings. The summed E-state index contributed by atoms with van der Waals surface area (Å²) < 4.78 is 40.1. The first-order chi connectivity index (χ1) is 10.9. The van der Waals surface area contributed by atoms with Crippen LogP contribution in [0.25, 0.3) is 10.8 Å². The van der Waals surface area contributed by atoms with Gasteiger partial charge in [-0.15, -0.1) is 13.2 Å². The Labute approximate surface area is 133 Å². The van der Waals surface area contributed by atoms with Crippen molar-refractivity contribution in [3.05, 3.63) is 53.4 Å². The van der Waals surface area contributed by atoms with E-state index in [1.165, 1.54) is 35.6 Å². The Morgan fingerprint density at radius 1 is 1.00 bits per heavy atom. The quantitative estimate of drug-likeness (QED) is 0.663. The molecular weight excluding hydrogens is 327 g/mol. The summed E-state index contributed by atoms with van der Waals surface area (Å²) in [5, 5.41) is 11.7. The van der Waals surface area contributed by atoms with Gasteiger partial charge in [0.05, 0.1) is 10.6 Å². The number of fused-ring (bicyclic) bond motifs is 1. The summed E-state index contributed by atoms with van der Waals surface area (Å²) in [4.78, 5) is 4.99. The molecule has 7 heteroatoms. The second-order valence-electron chi connectivity index (χ2n) is 4.62. The van der Waals surface area contributed by atoms with Crippen molar-refractivity contribution in [2.24, 2.45) is 4.99 Å². The summed E-state index contributed by atoms with van der Waals surface area (Å²) in [7, 11) is 0. The Bertz CT molecular complexity index is 854. The Kier molecular flexibility index (Phi) is 3.96. The fourth-order valence-electron chi connectivity index (χ4n) is 2.06. The zero-order valence-electron chi connectivity index (χ0n) is 11.5. The van der Waals surface area contributed by atoms with Gasteiger partial charge in [0, 0.05) is 17.0 Å². The molecule has 0 aliphatic heterocycles. The van der Waals surface area contributed by atoms with Crippen LogP contribution >= 0.6 is 11.3 Å². The summed E-state index contributed by atoms with van der Waals surface area (Å²) in [5.41, 5.74) is 0.483. The van der Waals surface area contributed by atoms with E-state index in [2.05, 4.69) is 9.73 Å². The molecule has 0 aliphatic rings. The van der Waals surface area contributed by atoms with Crippen LogP contribution in [0.5, 0.6) is 10.8 Å². The normalized spacial score (nSPS) is 12.1. The van der Waals surface area contributed by atoms with Gasteiger partial charge in [-0.2, -0.15) is 0 Å². The molecule has 23 heavy (non-hydrogen) atoms. The maximum atomic E-state index is 12.1. The van der Waals surface area contributed by atoms with Gasteiger partial charge >= 0.3 is 6.36 Å². The number of aromatic hydroxyl groups is 1. The fourth-order valence-corrected chi connectivity index (χ4v) is 2.95. The van der Waals surface area contributed by atoms with Gasteiger partial charge in [-0.25, -0.2) is 0 Å². The van der Waals surface area contributed by atoms with Crippen molar-refractivity contribution in [1.82, 2.24) is 0 Å². The first-order valence-electron chi connectivity index (χ1n) is 6.53. The van der Waals surface area contributed by atoms with Gasteiger partial charge in [0.15, 0.2) is 5.06 Å². The molecule has 3 nitrogen and oxygen atoms in total. The van der Waals surface area contributed by atoms with E-state index in [1.807, 2.05) is 24.3 Å². The molecule has 1 N–H and O–H groups in total. The van der Waals surface area contributed by atoms with Crippen molar-refractivity contribution in [3.63, 3.8) is 0 Å². The zero-order chi connectivity index (χ0) is 16.4. The van der Waals surface area contributed by atoms with Crippen LogP contribution in [0.2, 0.25) is 0 Å². The first-order valence-corrected chi connectivity index (χ1v) is 7.34. The van der Waals surface area contributed by atoms with Crippen molar-refractivity contribution in [1.29, 1.82) is 0 Å². The predicted molar refractivity (Wildman–Crippen MR) is 83.9 cm³/mol. The maximum Gasteiger partial charge on any atom is 0.573 e. The summed E-state index contributed by atoms with van der Waals surface area (Å²) in [6.45, 7) is 0. The Balaban J connectivity index is 1.82. The molecule has 0 saturated heterocycles. The van der Waals surface area contributed by atoms with E-state index in [0.717, 1.165) is 15.6 Å². The number of benzene rings is 2. The molecule has 1 heterocycles. The van der Waals surface area contributed by atoms with Crippen molar-refractivity contribution in [2.45, 2.75) is 6.36 Å². The van der Waals surface area contributed by atoms with Gasteiger partial charge < -0.3 is 9.84 Å². The average molecular weight is 337 g/mol. The van der Waals surface area contributed by atoms with Gasteiger partial charge in [0.25, 0.3) is 0 Å². The van der Waals surface area contributed by atoms with Crippen LogP contribution in [-0.4, -0.2) is 17.7 Å². The lowest BCUT2D eigenvalue weighted by Crippen LogP contribution is -2.16. The molecule has 0 bridgehead atoms. The molecule has 2 aromatic carbocycles. The molecule has 0 aliphatic carbocycles. The average Bonchev–Trinajstić information content (AvgIpc) is 2.82. The van der Waals surface area contributed by atoms with Gasteiger partial charge in [0.1, 0.15) is 5.75 Å². The predicted octanol–water partition coefficient (Wildman–Crippen LogP) is 5.26. The van der Waals surface area contributed by atoms with Crippen LogP contribution in [0.4, 0.5) is 18.9 Å². The van der Waals surface area contributed by atoms with E-state index in [-0.39, 0.29) is 10.8 Å². The lowest BCUT2D eigenvalue weighted by atomic mass is 10.2. The third kappa shape index (κ3) is 3.62. The fraction of sp³-hybridized carbons (Fsp3) is 0.0625. The number of thiophene rings is 1. The topological polar surface area (TPSA) is 41.8 Å². The number of aliphatic imine (C=N–C) groups is 1. The molecule has 118 valence electrons. The van der Waals surface area contributed by atoms with Crippen molar-refractivity contribution in [2.75, 3.05) is 0 Å². The highest BCUT2D eigenvalue weighted by atomic mass is 32.1. The SMILES string of the molecule is Oc1sc(C=Nc2ccc(OC(F)(F)F)cc2)c2ccccc12. The second-order valence-corrected chi connectivity index (χ2v) is 5.65. The molecule has 1 aromatic heterocycles. The Morgan fingerprint density at radius 2 is 1.65 bits per heavy atom. The molecule has 0 unspecified atom stereocenters. The molecule has 0 amide bonds. The first kappa shape index (κ1) is 15.4. The van der Waals surface area contributed by atoms with Crippen molar-refractivity contribution < 1.29 is 23.0 Å². The molecule has 3 rings (SSSR count). The minimum absolute atomic E-state index is 0.205. The lowest BCUT2D eigenvalue weighted by molar-refractivity contribution is -0.274. The highest BCUT2D eigenvalue weighted by molar-refractivity contribution is 7.17. The summed E-state index contributed by atoms with van der Waals surface area (Å²) in [6, 6.07) is 12.6. The summed E-state index contributed by atoms with van der Waals surface area (Å²) in [5.74, 6) is -0.296. The number of alkyl halides is 3. The highest BCUT2D eigenvalue weighted by Crippen LogP contribution is 2.35. The van der Waals surface area contributed by atoms with Crippen molar-refractivity contribution >= 4 is 34.0 Å². The largest absolute Gasteiger partial charge is 0.573 e. The number of nitrogens with zero attached hydrogens (tertiary/aromatic N) is 1. The smallest absolute Gasteiger partial charge is 0.499 e. The number of rotatable bonds is 3. The van der Waals surface area contributed by atoms with Crippen LogP contribution in [0.3, 0.4) is 0 Å². The minimum atomic E-state index is -4.71. The van der Waals surface area contributed by atoms with Gasteiger partial charge in [-0.05, 0) is 30.3 Å².